The summed E-state index contributed by atoms with van der Waals surface area (Å²) >= 11 is 1.54. The first-order valence-corrected chi connectivity index (χ1v) is 7.92. The van der Waals surface area contributed by atoms with Gasteiger partial charge in [0, 0.05) is 19.6 Å². The van der Waals surface area contributed by atoms with Gasteiger partial charge in [0.1, 0.15) is 0 Å². The van der Waals surface area contributed by atoms with Gasteiger partial charge in [-0.25, -0.2) is 0 Å². The van der Waals surface area contributed by atoms with Crippen LogP contribution in [-0.2, 0) is 4.79 Å². The van der Waals surface area contributed by atoms with Crippen LogP contribution in [0.5, 0.6) is 0 Å². The zero-order chi connectivity index (χ0) is 12.8. The lowest BCUT2D eigenvalue weighted by atomic mass is 10.1. The topological polar surface area (TPSA) is 44.7 Å². The molecule has 1 N–H and O–H groups in total. The van der Waals surface area contributed by atoms with E-state index in [1.54, 1.807) is 0 Å². The zero-order valence-corrected chi connectivity index (χ0v) is 12.0. The fourth-order valence-electron chi connectivity index (χ4n) is 2.55. The number of amidine groups is 1. The molecule has 1 aliphatic heterocycles. The van der Waals surface area contributed by atoms with E-state index in [0.29, 0.717) is 11.8 Å². The summed E-state index contributed by atoms with van der Waals surface area (Å²) in [5.41, 5.74) is 0. The van der Waals surface area contributed by atoms with Crippen LogP contribution in [-0.4, -0.2) is 47.9 Å². The lowest BCUT2D eigenvalue weighted by Gasteiger charge is -2.27. The summed E-state index contributed by atoms with van der Waals surface area (Å²) in [6.07, 6.45) is 7.54. The molecule has 1 amide bonds. The molecule has 0 spiro atoms. The fraction of sp³-hybridized carbons (Fsp3) is 0.846. The number of carbonyl (C=O) groups excluding carboxylic acids is 1. The number of nitrogens with zero attached hydrogens (tertiary/aromatic N) is 2. The summed E-state index contributed by atoms with van der Waals surface area (Å²) in [4.78, 5) is 18.4. The summed E-state index contributed by atoms with van der Waals surface area (Å²) in [5, 5.41) is 4.11. The summed E-state index contributed by atoms with van der Waals surface area (Å²) in [7, 11) is 1.96. The van der Waals surface area contributed by atoms with Crippen molar-refractivity contribution >= 4 is 22.8 Å². The summed E-state index contributed by atoms with van der Waals surface area (Å²) < 4.78 is 0. The number of carbonyl (C=O) groups is 1. The predicted molar refractivity (Wildman–Crippen MR) is 77.0 cm³/mol. The van der Waals surface area contributed by atoms with Gasteiger partial charge in [0.2, 0.25) is 5.91 Å². The van der Waals surface area contributed by atoms with Crippen LogP contribution in [0.2, 0.25) is 0 Å². The maximum absolute atomic E-state index is 12.1. The molecule has 0 aromatic rings. The molecule has 2 aliphatic rings. The first-order chi connectivity index (χ1) is 8.77. The third-order valence-corrected chi connectivity index (χ3v) is 4.68. The van der Waals surface area contributed by atoms with E-state index in [0.717, 1.165) is 18.3 Å². The van der Waals surface area contributed by atoms with Crippen LogP contribution >= 0.6 is 11.8 Å². The Hall–Kier alpha value is -0.710. The number of hydrogen-bond donors (Lipinski definition) is 1. The highest BCUT2D eigenvalue weighted by Crippen LogP contribution is 2.21. The Morgan fingerprint density at radius 2 is 2.11 bits per heavy atom. The first kappa shape index (κ1) is 13.7. The molecule has 0 unspecified atom stereocenters. The van der Waals surface area contributed by atoms with Gasteiger partial charge in [-0.2, -0.15) is 0 Å². The van der Waals surface area contributed by atoms with Crippen molar-refractivity contribution in [3.63, 3.8) is 0 Å². The van der Waals surface area contributed by atoms with Crippen molar-refractivity contribution in [1.29, 1.82) is 0 Å². The van der Waals surface area contributed by atoms with Gasteiger partial charge in [0.25, 0.3) is 0 Å². The Bertz CT molecular complexity index is 311. The smallest absolute Gasteiger partial charge is 0.233 e. The van der Waals surface area contributed by atoms with Crippen molar-refractivity contribution in [3.8, 4) is 0 Å². The number of hydrogen-bond acceptors (Lipinski definition) is 4. The van der Waals surface area contributed by atoms with Gasteiger partial charge >= 0.3 is 0 Å². The van der Waals surface area contributed by atoms with Crippen LogP contribution in [0.1, 0.15) is 38.5 Å². The van der Waals surface area contributed by atoms with Crippen molar-refractivity contribution in [2.24, 2.45) is 4.99 Å². The standard InChI is InChI=1S/C13H23N3OS/c1-16(11-6-4-2-3-5-7-11)12(17)10-18-13-14-8-9-15-13/h11H,2-10H2,1H3,(H,14,15). The molecule has 1 heterocycles. The number of amides is 1. The van der Waals surface area contributed by atoms with E-state index in [9.17, 15) is 4.79 Å². The highest BCUT2D eigenvalue weighted by Gasteiger charge is 2.21. The quantitative estimate of drug-likeness (QED) is 0.795. The van der Waals surface area contributed by atoms with Crippen LogP contribution < -0.4 is 5.32 Å². The molecule has 4 nitrogen and oxygen atoms in total. The largest absolute Gasteiger partial charge is 0.363 e. The average Bonchev–Trinajstić information content (AvgIpc) is 2.75. The summed E-state index contributed by atoms with van der Waals surface area (Å²) in [5.74, 6) is 0.752. The molecule has 0 atom stereocenters. The molecule has 0 bridgehead atoms. The molecule has 1 fully saturated rings. The molecule has 1 aliphatic carbocycles. The molecule has 0 aromatic carbocycles. The zero-order valence-electron chi connectivity index (χ0n) is 11.2. The Morgan fingerprint density at radius 3 is 2.72 bits per heavy atom. The van der Waals surface area contributed by atoms with Gasteiger partial charge in [-0.05, 0) is 12.8 Å². The lowest BCUT2D eigenvalue weighted by Crippen LogP contribution is -2.38. The van der Waals surface area contributed by atoms with E-state index in [-0.39, 0.29) is 5.91 Å². The van der Waals surface area contributed by atoms with Crippen LogP contribution in [0.3, 0.4) is 0 Å². The number of thioether (sulfide) groups is 1. The van der Waals surface area contributed by atoms with Gasteiger partial charge in [0.15, 0.2) is 5.17 Å². The molecular formula is C13H23N3OS. The number of nitrogens with one attached hydrogen (secondary N) is 1. The maximum Gasteiger partial charge on any atom is 0.233 e. The number of rotatable bonds is 3. The maximum atomic E-state index is 12.1. The third kappa shape index (κ3) is 3.90. The van der Waals surface area contributed by atoms with Crippen LogP contribution in [0, 0.1) is 0 Å². The van der Waals surface area contributed by atoms with Crippen molar-refractivity contribution in [1.82, 2.24) is 10.2 Å². The molecule has 0 aromatic heterocycles. The van der Waals surface area contributed by atoms with E-state index >= 15 is 0 Å². The highest BCUT2D eigenvalue weighted by atomic mass is 32.2. The highest BCUT2D eigenvalue weighted by molar-refractivity contribution is 8.14. The van der Waals surface area contributed by atoms with Crippen LogP contribution in [0.25, 0.3) is 0 Å². The summed E-state index contributed by atoms with van der Waals surface area (Å²) in [6, 6.07) is 0.457. The van der Waals surface area contributed by atoms with E-state index in [1.165, 1.54) is 50.3 Å². The van der Waals surface area contributed by atoms with E-state index in [2.05, 4.69) is 10.3 Å². The van der Waals surface area contributed by atoms with E-state index < -0.39 is 0 Å². The monoisotopic (exact) mass is 269 g/mol. The summed E-state index contributed by atoms with van der Waals surface area (Å²) in [6.45, 7) is 1.75. The Balaban J connectivity index is 1.76. The minimum atomic E-state index is 0.239. The lowest BCUT2D eigenvalue weighted by molar-refractivity contribution is -0.129. The molecule has 5 heteroatoms. The van der Waals surface area contributed by atoms with Gasteiger partial charge in [-0.1, -0.05) is 37.4 Å². The van der Waals surface area contributed by atoms with E-state index in [1.807, 2.05) is 11.9 Å². The second kappa shape index (κ2) is 7.02. The Morgan fingerprint density at radius 1 is 1.39 bits per heavy atom. The molecule has 0 saturated heterocycles. The second-order valence-corrected chi connectivity index (χ2v) is 6.02. The minimum Gasteiger partial charge on any atom is -0.363 e. The molecule has 1 saturated carbocycles. The molecule has 2 rings (SSSR count). The van der Waals surface area contributed by atoms with Gasteiger partial charge in [0.05, 0.1) is 12.3 Å². The van der Waals surface area contributed by atoms with Gasteiger partial charge in [-0.3, -0.25) is 9.79 Å². The van der Waals surface area contributed by atoms with Crippen molar-refractivity contribution in [3.05, 3.63) is 0 Å². The Kier molecular flexibility index (Phi) is 5.35. The molecule has 102 valence electrons. The fourth-order valence-corrected chi connectivity index (χ4v) is 3.40. The normalized spacial score (nSPS) is 21.1. The van der Waals surface area contributed by atoms with Crippen molar-refractivity contribution < 1.29 is 4.79 Å². The van der Waals surface area contributed by atoms with Gasteiger partial charge in [-0.15, -0.1) is 0 Å². The van der Waals surface area contributed by atoms with Gasteiger partial charge < -0.3 is 10.2 Å². The van der Waals surface area contributed by atoms with Crippen LogP contribution in [0.15, 0.2) is 4.99 Å². The third-order valence-electron chi connectivity index (χ3n) is 3.74. The predicted octanol–water partition coefficient (Wildman–Crippen LogP) is 1.86. The molecular weight excluding hydrogens is 246 g/mol. The second-order valence-electron chi connectivity index (χ2n) is 5.05. The molecule has 0 radical (unpaired) electrons. The molecule has 18 heavy (non-hydrogen) atoms. The van der Waals surface area contributed by atoms with Crippen LogP contribution in [0.4, 0.5) is 0 Å². The number of aliphatic imine (C=N–C) groups is 1. The average molecular weight is 269 g/mol. The van der Waals surface area contributed by atoms with Crippen molar-refractivity contribution in [2.45, 2.75) is 44.6 Å². The first-order valence-electron chi connectivity index (χ1n) is 6.94. The SMILES string of the molecule is CN(C(=O)CSC1=NCCN1)C1CCCCCC1. The van der Waals surface area contributed by atoms with Crippen molar-refractivity contribution in [2.75, 3.05) is 25.9 Å². The Labute approximate surface area is 114 Å². The minimum absolute atomic E-state index is 0.239. The van der Waals surface area contributed by atoms with E-state index in [4.69, 9.17) is 0 Å².